The van der Waals surface area contributed by atoms with Crippen LogP contribution in [0.3, 0.4) is 0 Å². The van der Waals surface area contributed by atoms with Crippen LogP contribution in [-0.2, 0) is 6.42 Å². The van der Waals surface area contributed by atoms with Crippen LogP contribution in [0.1, 0.15) is 31.2 Å². The summed E-state index contributed by atoms with van der Waals surface area (Å²) in [5.74, 6) is 0. The van der Waals surface area contributed by atoms with Crippen LogP contribution in [0.5, 0.6) is 0 Å². The molecule has 1 unspecified atom stereocenters. The Kier molecular flexibility index (Phi) is 4.93. The van der Waals surface area contributed by atoms with Gasteiger partial charge >= 0.3 is 0 Å². The third-order valence-electron chi connectivity index (χ3n) is 4.51. The Bertz CT molecular complexity index is 442. The Labute approximate surface area is 129 Å². The molecule has 1 aromatic rings. The first kappa shape index (κ1) is 15.3. The lowest BCUT2D eigenvalue weighted by molar-refractivity contribution is 0.123. The molecule has 0 heterocycles. The maximum absolute atomic E-state index is 6.54. The van der Waals surface area contributed by atoms with E-state index in [-0.39, 0.29) is 11.6 Å². The molecule has 4 heteroatoms. The number of likely N-dealkylation sites (N-methyl/N-ethyl adjacent to an activating group) is 1. The molecule has 0 spiro atoms. The van der Waals surface area contributed by atoms with Crippen LogP contribution in [-0.4, -0.2) is 30.6 Å². The second-order valence-electron chi connectivity index (χ2n) is 5.75. The van der Waals surface area contributed by atoms with Crippen molar-refractivity contribution in [2.45, 2.75) is 43.7 Å². The van der Waals surface area contributed by atoms with E-state index in [1.54, 1.807) is 0 Å². The summed E-state index contributed by atoms with van der Waals surface area (Å²) < 4.78 is 1.01. The van der Waals surface area contributed by atoms with E-state index >= 15 is 0 Å². The minimum Gasteiger partial charge on any atom is -0.326 e. The maximum atomic E-state index is 6.54. The fraction of sp³-hybridized carbons (Fsp3) is 0.600. The molecule has 1 aliphatic carbocycles. The van der Waals surface area contributed by atoms with E-state index in [0.29, 0.717) is 0 Å². The first-order valence-electron chi connectivity index (χ1n) is 6.82. The van der Waals surface area contributed by atoms with Gasteiger partial charge < -0.3 is 10.6 Å². The predicted molar refractivity (Wildman–Crippen MR) is 85.7 cm³/mol. The van der Waals surface area contributed by atoms with Crippen LogP contribution in [0.4, 0.5) is 0 Å². The second kappa shape index (κ2) is 6.13. The first-order chi connectivity index (χ1) is 8.95. The molecule has 0 saturated heterocycles. The molecule has 0 aliphatic heterocycles. The topological polar surface area (TPSA) is 29.3 Å². The number of hydrogen-bond donors (Lipinski definition) is 1. The number of benzene rings is 1. The first-order valence-corrected chi connectivity index (χ1v) is 8.00. The van der Waals surface area contributed by atoms with Gasteiger partial charge in [0, 0.05) is 21.1 Å². The molecule has 0 aromatic heterocycles. The standard InChI is InChI=1S/C15H22BrClN2/c1-19(2)15(7-3-4-8-15)14(18)9-11-5-6-12(16)10-13(11)17/h5-6,10,14H,3-4,7-9,18H2,1-2H3. The van der Waals surface area contributed by atoms with Crippen molar-refractivity contribution in [2.75, 3.05) is 14.1 Å². The van der Waals surface area contributed by atoms with Gasteiger partial charge in [0.05, 0.1) is 0 Å². The molecule has 1 aliphatic rings. The predicted octanol–water partition coefficient (Wildman–Crippen LogP) is 3.85. The lowest BCUT2D eigenvalue weighted by atomic mass is 9.83. The normalized spacial score (nSPS) is 19.9. The van der Waals surface area contributed by atoms with Crippen LogP contribution < -0.4 is 5.73 Å². The molecule has 19 heavy (non-hydrogen) atoms. The molecule has 2 rings (SSSR count). The monoisotopic (exact) mass is 344 g/mol. The maximum Gasteiger partial charge on any atom is 0.0449 e. The average molecular weight is 346 g/mol. The van der Waals surface area contributed by atoms with Crippen molar-refractivity contribution in [1.29, 1.82) is 0 Å². The van der Waals surface area contributed by atoms with Gasteiger partial charge in [0.25, 0.3) is 0 Å². The molecule has 2 N–H and O–H groups in total. The van der Waals surface area contributed by atoms with Gasteiger partial charge in [0.15, 0.2) is 0 Å². The summed E-state index contributed by atoms with van der Waals surface area (Å²) in [6.07, 6.45) is 5.77. The zero-order chi connectivity index (χ0) is 14.0. The minimum absolute atomic E-state index is 0.128. The molecule has 0 radical (unpaired) electrons. The highest BCUT2D eigenvalue weighted by Gasteiger charge is 2.41. The second-order valence-corrected chi connectivity index (χ2v) is 7.07. The van der Waals surface area contributed by atoms with Crippen molar-refractivity contribution in [3.8, 4) is 0 Å². The van der Waals surface area contributed by atoms with Gasteiger partial charge in [0.1, 0.15) is 0 Å². The summed E-state index contributed by atoms with van der Waals surface area (Å²) in [7, 11) is 4.29. The zero-order valence-corrected chi connectivity index (χ0v) is 14.0. The summed E-state index contributed by atoms with van der Waals surface area (Å²) in [5.41, 5.74) is 7.82. The van der Waals surface area contributed by atoms with Gasteiger partial charge in [-0.15, -0.1) is 0 Å². The number of rotatable bonds is 4. The Balaban J connectivity index is 2.17. The summed E-state index contributed by atoms with van der Waals surface area (Å²) in [6.45, 7) is 0. The number of nitrogens with two attached hydrogens (primary N) is 1. The van der Waals surface area contributed by atoms with Crippen LogP contribution in [0.2, 0.25) is 5.02 Å². The van der Waals surface area contributed by atoms with Gasteiger partial charge in [-0.1, -0.05) is 46.4 Å². The molecular weight excluding hydrogens is 324 g/mol. The van der Waals surface area contributed by atoms with Crippen molar-refractivity contribution >= 4 is 27.5 Å². The third kappa shape index (κ3) is 3.15. The van der Waals surface area contributed by atoms with Gasteiger partial charge in [-0.3, -0.25) is 0 Å². The molecule has 1 atom stereocenters. The Morgan fingerprint density at radius 1 is 1.37 bits per heavy atom. The van der Waals surface area contributed by atoms with Gasteiger partial charge in [-0.2, -0.15) is 0 Å². The smallest absolute Gasteiger partial charge is 0.0449 e. The molecule has 106 valence electrons. The van der Waals surface area contributed by atoms with Gasteiger partial charge in [0.2, 0.25) is 0 Å². The Hall–Kier alpha value is -0.0900. The quantitative estimate of drug-likeness (QED) is 0.898. The van der Waals surface area contributed by atoms with Gasteiger partial charge in [-0.05, 0) is 51.1 Å². The molecule has 2 nitrogen and oxygen atoms in total. The fourth-order valence-electron chi connectivity index (χ4n) is 3.25. The number of hydrogen-bond acceptors (Lipinski definition) is 2. The van der Waals surface area contributed by atoms with E-state index in [2.05, 4.69) is 41.0 Å². The molecular formula is C15H22BrClN2. The van der Waals surface area contributed by atoms with E-state index < -0.39 is 0 Å². The van der Waals surface area contributed by atoms with Crippen LogP contribution >= 0.6 is 27.5 Å². The summed E-state index contributed by atoms with van der Waals surface area (Å²) >= 11 is 9.74. The largest absolute Gasteiger partial charge is 0.326 e. The van der Waals surface area contributed by atoms with Gasteiger partial charge in [-0.25, -0.2) is 0 Å². The van der Waals surface area contributed by atoms with Crippen LogP contribution in [0.15, 0.2) is 22.7 Å². The van der Waals surface area contributed by atoms with E-state index in [9.17, 15) is 0 Å². The highest BCUT2D eigenvalue weighted by Crippen LogP contribution is 2.37. The average Bonchev–Trinajstić information content (AvgIpc) is 2.83. The van der Waals surface area contributed by atoms with E-state index in [0.717, 1.165) is 21.5 Å². The molecule has 0 amide bonds. The number of halogens is 2. The van der Waals surface area contributed by atoms with Crippen molar-refractivity contribution in [1.82, 2.24) is 4.90 Å². The summed E-state index contributed by atoms with van der Waals surface area (Å²) in [4.78, 5) is 2.32. The summed E-state index contributed by atoms with van der Waals surface area (Å²) in [5, 5.41) is 0.803. The SMILES string of the molecule is CN(C)C1(C(N)Cc2ccc(Br)cc2Cl)CCCC1. The molecule has 0 bridgehead atoms. The fourth-order valence-corrected chi connectivity index (χ4v) is 4.00. The lowest BCUT2D eigenvalue weighted by Gasteiger charge is -2.41. The third-order valence-corrected chi connectivity index (χ3v) is 5.35. The summed E-state index contributed by atoms with van der Waals surface area (Å²) in [6, 6.07) is 6.18. The molecule has 1 aromatic carbocycles. The van der Waals surface area contributed by atoms with Crippen molar-refractivity contribution in [3.05, 3.63) is 33.3 Å². The van der Waals surface area contributed by atoms with Crippen molar-refractivity contribution < 1.29 is 0 Å². The molecule has 1 fully saturated rings. The zero-order valence-electron chi connectivity index (χ0n) is 11.6. The van der Waals surface area contributed by atoms with E-state index in [1.807, 2.05) is 12.1 Å². The Morgan fingerprint density at radius 2 is 2.00 bits per heavy atom. The highest BCUT2D eigenvalue weighted by molar-refractivity contribution is 9.10. The van der Waals surface area contributed by atoms with Crippen molar-refractivity contribution in [2.24, 2.45) is 5.73 Å². The Morgan fingerprint density at radius 3 is 2.53 bits per heavy atom. The highest BCUT2D eigenvalue weighted by atomic mass is 79.9. The van der Waals surface area contributed by atoms with Crippen molar-refractivity contribution in [3.63, 3.8) is 0 Å². The molecule has 1 saturated carbocycles. The lowest BCUT2D eigenvalue weighted by Crippen LogP contribution is -2.56. The number of nitrogens with zero attached hydrogens (tertiary/aromatic N) is 1. The van der Waals surface area contributed by atoms with Crippen LogP contribution in [0.25, 0.3) is 0 Å². The van der Waals surface area contributed by atoms with E-state index in [1.165, 1.54) is 25.7 Å². The van der Waals surface area contributed by atoms with E-state index in [4.69, 9.17) is 17.3 Å². The van der Waals surface area contributed by atoms with Crippen LogP contribution in [0, 0.1) is 0 Å². The minimum atomic E-state index is 0.128.